The Morgan fingerprint density at radius 1 is 1.39 bits per heavy atom. The first kappa shape index (κ1) is 13.6. The van der Waals surface area contributed by atoms with E-state index < -0.39 is 0 Å². The number of ether oxygens (including phenoxy) is 2. The number of halogens is 1. The smallest absolute Gasteiger partial charge is 0.231 e. The second kappa shape index (κ2) is 6.41. The van der Waals surface area contributed by atoms with Crippen molar-refractivity contribution in [1.82, 2.24) is 5.32 Å². The fourth-order valence-corrected chi connectivity index (χ4v) is 2.34. The second-order valence-corrected chi connectivity index (χ2v) is 5.30. The SMILES string of the molecule is CC(CCCO)NCc1cc2c(cc1Br)OCO2. The number of aliphatic hydroxyl groups is 1. The van der Waals surface area contributed by atoms with Crippen molar-refractivity contribution in [3.05, 3.63) is 22.2 Å². The lowest BCUT2D eigenvalue weighted by atomic mass is 10.1. The van der Waals surface area contributed by atoms with Gasteiger partial charge >= 0.3 is 0 Å². The number of benzene rings is 1. The maximum Gasteiger partial charge on any atom is 0.231 e. The predicted octanol–water partition coefficient (Wildman–Crippen LogP) is 2.43. The van der Waals surface area contributed by atoms with Gasteiger partial charge in [0.2, 0.25) is 6.79 Å². The zero-order valence-electron chi connectivity index (χ0n) is 10.4. The van der Waals surface area contributed by atoms with Crippen LogP contribution < -0.4 is 14.8 Å². The highest BCUT2D eigenvalue weighted by Crippen LogP contribution is 2.36. The molecule has 1 aromatic rings. The molecule has 0 radical (unpaired) electrons. The Balaban J connectivity index is 1.93. The molecule has 0 amide bonds. The molecule has 4 nitrogen and oxygen atoms in total. The number of hydrogen-bond acceptors (Lipinski definition) is 4. The molecule has 1 aromatic carbocycles. The molecule has 1 unspecified atom stereocenters. The van der Waals surface area contributed by atoms with E-state index in [2.05, 4.69) is 28.2 Å². The number of hydrogen-bond donors (Lipinski definition) is 2. The molecule has 1 heterocycles. The molecule has 0 saturated heterocycles. The van der Waals surface area contributed by atoms with Crippen LogP contribution in [0.15, 0.2) is 16.6 Å². The highest BCUT2D eigenvalue weighted by Gasteiger charge is 2.16. The molecule has 1 atom stereocenters. The van der Waals surface area contributed by atoms with Crippen LogP contribution in [-0.2, 0) is 6.54 Å². The first-order valence-electron chi connectivity index (χ1n) is 6.13. The van der Waals surface area contributed by atoms with Gasteiger partial charge in [-0.2, -0.15) is 0 Å². The fourth-order valence-electron chi connectivity index (χ4n) is 1.88. The first-order valence-corrected chi connectivity index (χ1v) is 6.92. The molecule has 1 aliphatic heterocycles. The van der Waals surface area contributed by atoms with Gasteiger partial charge in [-0.15, -0.1) is 0 Å². The summed E-state index contributed by atoms with van der Waals surface area (Å²) in [5.41, 5.74) is 1.15. The average molecular weight is 316 g/mol. The van der Waals surface area contributed by atoms with Gasteiger partial charge in [-0.05, 0) is 37.5 Å². The summed E-state index contributed by atoms with van der Waals surface area (Å²) in [6, 6.07) is 4.32. The Morgan fingerprint density at radius 2 is 2.11 bits per heavy atom. The van der Waals surface area contributed by atoms with Crippen LogP contribution in [-0.4, -0.2) is 24.5 Å². The summed E-state index contributed by atoms with van der Waals surface area (Å²) < 4.78 is 11.7. The van der Waals surface area contributed by atoms with Crippen LogP contribution in [0.25, 0.3) is 0 Å². The summed E-state index contributed by atoms with van der Waals surface area (Å²) in [7, 11) is 0. The maximum absolute atomic E-state index is 8.78. The van der Waals surface area contributed by atoms with E-state index in [1.807, 2.05) is 12.1 Å². The topological polar surface area (TPSA) is 50.7 Å². The molecule has 0 saturated carbocycles. The van der Waals surface area contributed by atoms with Gasteiger partial charge in [0.1, 0.15) is 0 Å². The Morgan fingerprint density at radius 3 is 2.83 bits per heavy atom. The van der Waals surface area contributed by atoms with Gasteiger partial charge in [-0.3, -0.25) is 0 Å². The van der Waals surface area contributed by atoms with Gasteiger partial charge in [0, 0.05) is 23.7 Å². The van der Waals surface area contributed by atoms with Crippen LogP contribution in [0.1, 0.15) is 25.3 Å². The molecule has 100 valence electrons. The minimum atomic E-state index is 0.250. The molecular formula is C13H18BrNO3. The van der Waals surface area contributed by atoms with Crippen molar-refractivity contribution in [2.24, 2.45) is 0 Å². The second-order valence-electron chi connectivity index (χ2n) is 4.44. The highest BCUT2D eigenvalue weighted by molar-refractivity contribution is 9.10. The largest absolute Gasteiger partial charge is 0.454 e. The lowest BCUT2D eigenvalue weighted by molar-refractivity contribution is 0.174. The van der Waals surface area contributed by atoms with Crippen LogP contribution in [0, 0.1) is 0 Å². The van der Waals surface area contributed by atoms with E-state index >= 15 is 0 Å². The molecule has 18 heavy (non-hydrogen) atoms. The van der Waals surface area contributed by atoms with Crippen molar-refractivity contribution in [2.75, 3.05) is 13.4 Å². The van der Waals surface area contributed by atoms with Crippen molar-refractivity contribution in [3.63, 3.8) is 0 Å². The van der Waals surface area contributed by atoms with Gasteiger partial charge in [-0.25, -0.2) is 0 Å². The fraction of sp³-hybridized carbons (Fsp3) is 0.538. The minimum Gasteiger partial charge on any atom is -0.454 e. The normalized spacial score (nSPS) is 14.8. The lowest BCUT2D eigenvalue weighted by Gasteiger charge is -2.14. The Bertz CT molecular complexity index is 411. The Hall–Kier alpha value is -0.780. The summed E-state index contributed by atoms with van der Waals surface area (Å²) in [5, 5.41) is 12.2. The third-order valence-corrected chi connectivity index (χ3v) is 3.72. The van der Waals surface area contributed by atoms with E-state index in [0.29, 0.717) is 12.8 Å². The maximum atomic E-state index is 8.78. The Kier molecular flexibility index (Phi) is 4.86. The molecular weight excluding hydrogens is 298 g/mol. The first-order chi connectivity index (χ1) is 8.70. The summed E-state index contributed by atoms with van der Waals surface area (Å²) >= 11 is 3.54. The van der Waals surface area contributed by atoms with E-state index in [4.69, 9.17) is 14.6 Å². The van der Waals surface area contributed by atoms with Crippen LogP contribution in [0.4, 0.5) is 0 Å². The minimum absolute atomic E-state index is 0.250. The van der Waals surface area contributed by atoms with Crippen molar-refractivity contribution >= 4 is 15.9 Å². The van der Waals surface area contributed by atoms with Crippen molar-refractivity contribution in [3.8, 4) is 11.5 Å². The molecule has 0 fully saturated rings. The number of rotatable bonds is 6. The van der Waals surface area contributed by atoms with E-state index in [1.165, 1.54) is 0 Å². The summed E-state index contributed by atoms with van der Waals surface area (Å²) in [6.45, 7) is 3.44. The number of fused-ring (bicyclic) bond motifs is 1. The van der Waals surface area contributed by atoms with Crippen LogP contribution in [0.2, 0.25) is 0 Å². The molecule has 0 bridgehead atoms. The Labute approximate surface area is 115 Å². The van der Waals surface area contributed by atoms with Gasteiger partial charge in [-0.1, -0.05) is 15.9 Å². The van der Waals surface area contributed by atoms with Crippen molar-refractivity contribution in [2.45, 2.75) is 32.4 Å². The average Bonchev–Trinajstić information content (AvgIpc) is 2.80. The predicted molar refractivity (Wildman–Crippen MR) is 72.9 cm³/mol. The quantitative estimate of drug-likeness (QED) is 0.846. The standard InChI is InChI=1S/C13H18BrNO3/c1-9(3-2-4-16)15-7-10-5-12-13(6-11(10)14)18-8-17-12/h5-6,9,15-16H,2-4,7-8H2,1H3. The van der Waals surface area contributed by atoms with Gasteiger partial charge in [0.05, 0.1) is 0 Å². The number of aliphatic hydroxyl groups excluding tert-OH is 1. The zero-order chi connectivity index (χ0) is 13.0. The lowest BCUT2D eigenvalue weighted by Crippen LogP contribution is -2.25. The molecule has 0 spiro atoms. The van der Waals surface area contributed by atoms with E-state index in [9.17, 15) is 0 Å². The molecule has 2 N–H and O–H groups in total. The summed E-state index contributed by atoms with van der Waals surface area (Å²) in [6.07, 6.45) is 1.80. The van der Waals surface area contributed by atoms with E-state index in [0.717, 1.165) is 40.9 Å². The molecule has 5 heteroatoms. The van der Waals surface area contributed by atoms with Crippen molar-refractivity contribution < 1.29 is 14.6 Å². The molecule has 2 rings (SSSR count). The number of nitrogens with one attached hydrogen (secondary N) is 1. The van der Waals surface area contributed by atoms with Gasteiger partial charge in [0.15, 0.2) is 11.5 Å². The summed E-state index contributed by atoms with van der Waals surface area (Å²) in [4.78, 5) is 0. The van der Waals surface area contributed by atoms with E-state index in [-0.39, 0.29) is 6.61 Å². The third kappa shape index (κ3) is 3.37. The summed E-state index contributed by atoms with van der Waals surface area (Å²) in [5.74, 6) is 1.59. The van der Waals surface area contributed by atoms with Gasteiger partial charge in [0.25, 0.3) is 0 Å². The monoisotopic (exact) mass is 315 g/mol. The van der Waals surface area contributed by atoms with Crippen LogP contribution in [0.3, 0.4) is 0 Å². The molecule has 0 aromatic heterocycles. The van der Waals surface area contributed by atoms with Gasteiger partial charge < -0.3 is 19.9 Å². The van der Waals surface area contributed by atoms with Crippen LogP contribution in [0.5, 0.6) is 11.5 Å². The highest BCUT2D eigenvalue weighted by atomic mass is 79.9. The molecule has 0 aliphatic carbocycles. The zero-order valence-corrected chi connectivity index (χ0v) is 12.0. The van der Waals surface area contributed by atoms with Crippen molar-refractivity contribution in [1.29, 1.82) is 0 Å². The van der Waals surface area contributed by atoms with E-state index in [1.54, 1.807) is 0 Å². The third-order valence-electron chi connectivity index (χ3n) is 2.98. The molecule has 1 aliphatic rings. The van der Waals surface area contributed by atoms with Crippen LogP contribution >= 0.6 is 15.9 Å².